The molecular formula is C19H18ClF2N3O. The molecule has 0 saturated carbocycles. The fourth-order valence-electron chi connectivity index (χ4n) is 2.78. The lowest BCUT2D eigenvalue weighted by Gasteiger charge is -2.15. The Morgan fingerprint density at radius 1 is 1.23 bits per heavy atom. The number of rotatable bonds is 5. The van der Waals surface area contributed by atoms with Crippen molar-refractivity contribution in [3.8, 4) is 11.4 Å². The number of halogens is 3. The van der Waals surface area contributed by atoms with Gasteiger partial charge in [-0.25, -0.2) is 13.5 Å². The average Bonchev–Trinajstić information content (AvgIpc) is 2.97. The third-order valence-corrected chi connectivity index (χ3v) is 4.58. The van der Waals surface area contributed by atoms with Crippen LogP contribution in [0.15, 0.2) is 42.6 Å². The Balaban J connectivity index is 1.77. The summed E-state index contributed by atoms with van der Waals surface area (Å²) < 4.78 is 28.6. The predicted molar refractivity (Wildman–Crippen MR) is 96.6 cm³/mol. The molecule has 0 amide bonds. The molecule has 1 heterocycles. The van der Waals surface area contributed by atoms with Crippen molar-refractivity contribution >= 4 is 11.6 Å². The van der Waals surface area contributed by atoms with Gasteiger partial charge < -0.3 is 10.4 Å². The smallest absolute Gasteiger partial charge is 0.151 e. The summed E-state index contributed by atoms with van der Waals surface area (Å²) >= 11 is 5.92. The molecule has 0 bridgehead atoms. The number of aromatic hydroxyl groups is 1. The third-order valence-electron chi connectivity index (χ3n) is 4.28. The van der Waals surface area contributed by atoms with Gasteiger partial charge in [0.15, 0.2) is 5.82 Å². The van der Waals surface area contributed by atoms with Crippen LogP contribution in [0.25, 0.3) is 5.69 Å². The first kappa shape index (κ1) is 18.4. The van der Waals surface area contributed by atoms with Crippen LogP contribution in [-0.4, -0.2) is 14.9 Å². The highest BCUT2D eigenvalue weighted by Crippen LogP contribution is 2.25. The van der Waals surface area contributed by atoms with Crippen molar-refractivity contribution in [2.24, 2.45) is 0 Å². The van der Waals surface area contributed by atoms with Crippen LogP contribution in [0.1, 0.15) is 29.8 Å². The molecule has 0 aliphatic carbocycles. The molecule has 0 aliphatic rings. The highest BCUT2D eigenvalue weighted by atomic mass is 35.5. The molecule has 0 radical (unpaired) electrons. The third kappa shape index (κ3) is 3.71. The molecule has 0 unspecified atom stereocenters. The van der Waals surface area contributed by atoms with Gasteiger partial charge in [0.1, 0.15) is 17.3 Å². The quantitative estimate of drug-likeness (QED) is 0.679. The fourth-order valence-corrected chi connectivity index (χ4v) is 2.99. The van der Waals surface area contributed by atoms with Crippen LogP contribution in [0.5, 0.6) is 5.75 Å². The van der Waals surface area contributed by atoms with E-state index in [0.29, 0.717) is 11.6 Å². The van der Waals surface area contributed by atoms with Gasteiger partial charge in [-0.05, 0) is 43.7 Å². The number of hydrogen-bond acceptors (Lipinski definition) is 3. The molecule has 3 aromatic rings. The summed E-state index contributed by atoms with van der Waals surface area (Å²) in [6.07, 6.45) is 1.67. The van der Waals surface area contributed by atoms with E-state index in [0.717, 1.165) is 22.9 Å². The van der Waals surface area contributed by atoms with Gasteiger partial charge >= 0.3 is 0 Å². The van der Waals surface area contributed by atoms with Crippen LogP contribution in [-0.2, 0) is 6.54 Å². The lowest BCUT2D eigenvalue weighted by atomic mass is 10.1. The van der Waals surface area contributed by atoms with Crippen molar-refractivity contribution in [3.63, 3.8) is 0 Å². The largest absolute Gasteiger partial charge is 0.506 e. The van der Waals surface area contributed by atoms with Gasteiger partial charge in [0.25, 0.3) is 0 Å². The van der Waals surface area contributed by atoms with E-state index in [1.54, 1.807) is 24.4 Å². The summed E-state index contributed by atoms with van der Waals surface area (Å²) in [6.45, 7) is 4.34. The monoisotopic (exact) mass is 377 g/mol. The van der Waals surface area contributed by atoms with Crippen molar-refractivity contribution in [2.45, 2.75) is 26.4 Å². The highest BCUT2D eigenvalue weighted by molar-refractivity contribution is 6.32. The Kier molecular flexibility index (Phi) is 5.25. The van der Waals surface area contributed by atoms with Gasteiger partial charge in [0.2, 0.25) is 0 Å². The van der Waals surface area contributed by atoms with E-state index in [9.17, 15) is 13.9 Å². The lowest BCUT2D eigenvalue weighted by molar-refractivity contribution is 0.475. The first-order valence-electron chi connectivity index (χ1n) is 8.07. The molecule has 2 N–H and O–H groups in total. The van der Waals surface area contributed by atoms with E-state index in [1.807, 2.05) is 13.8 Å². The van der Waals surface area contributed by atoms with Crippen molar-refractivity contribution in [1.29, 1.82) is 0 Å². The topological polar surface area (TPSA) is 50.1 Å². The van der Waals surface area contributed by atoms with E-state index >= 15 is 0 Å². The molecular weight excluding hydrogens is 360 g/mol. The van der Waals surface area contributed by atoms with E-state index in [2.05, 4.69) is 10.4 Å². The molecule has 0 saturated heterocycles. The Morgan fingerprint density at radius 2 is 2.00 bits per heavy atom. The fraction of sp³-hybridized carbons (Fsp3) is 0.211. The van der Waals surface area contributed by atoms with Gasteiger partial charge in [-0.1, -0.05) is 17.7 Å². The van der Waals surface area contributed by atoms with Crippen LogP contribution in [0, 0.1) is 18.6 Å². The predicted octanol–water partition coefficient (Wildman–Crippen LogP) is 4.67. The number of nitrogens with zero attached hydrogens (tertiary/aromatic N) is 2. The summed E-state index contributed by atoms with van der Waals surface area (Å²) in [5.41, 5.74) is 2.79. The molecule has 3 rings (SSSR count). The van der Waals surface area contributed by atoms with Gasteiger partial charge in [-0.2, -0.15) is 5.10 Å². The second-order valence-corrected chi connectivity index (χ2v) is 6.49. The second-order valence-electron chi connectivity index (χ2n) is 6.08. The van der Waals surface area contributed by atoms with Crippen LogP contribution >= 0.6 is 11.6 Å². The zero-order valence-corrected chi connectivity index (χ0v) is 15.1. The van der Waals surface area contributed by atoms with Crippen molar-refractivity contribution in [3.05, 3.63) is 76.1 Å². The van der Waals surface area contributed by atoms with E-state index in [-0.39, 0.29) is 17.5 Å². The molecule has 0 spiro atoms. The Bertz CT molecular complexity index is 943. The highest BCUT2D eigenvalue weighted by Gasteiger charge is 2.16. The summed E-state index contributed by atoms with van der Waals surface area (Å²) in [6, 6.07) is 8.38. The maximum absolute atomic E-state index is 14.0. The van der Waals surface area contributed by atoms with Gasteiger partial charge in [0, 0.05) is 29.9 Å². The number of phenolic OH excluding ortho intramolecular Hbond substituents is 1. The summed E-state index contributed by atoms with van der Waals surface area (Å²) in [5, 5.41) is 17.3. The van der Waals surface area contributed by atoms with Crippen molar-refractivity contribution < 1.29 is 13.9 Å². The lowest BCUT2D eigenvalue weighted by Crippen LogP contribution is -2.18. The molecule has 1 aromatic heterocycles. The number of phenols is 1. The SMILES string of the molecule is Cc1c([C@H](C)NCc2ccc(O)c(Cl)c2)cnn1-c1ccc(F)cc1F. The maximum atomic E-state index is 14.0. The number of benzene rings is 2. The van der Waals surface area contributed by atoms with E-state index < -0.39 is 11.6 Å². The first-order chi connectivity index (χ1) is 12.4. The van der Waals surface area contributed by atoms with Crippen LogP contribution < -0.4 is 5.32 Å². The molecule has 0 aliphatic heterocycles. The molecule has 2 aromatic carbocycles. The molecule has 1 atom stereocenters. The zero-order valence-electron chi connectivity index (χ0n) is 14.3. The van der Waals surface area contributed by atoms with E-state index in [4.69, 9.17) is 11.6 Å². The molecule has 136 valence electrons. The summed E-state index contributed by atoms with van der Waals surface area (Å²) in [7, 11) is 0. The normalized spacial score (nSPS) is 12.3. The van der Waals surface area contributed by atoms with Gasteiger partial charge in [0.05, 0.1) is 11.2 Å². The standard InChI is InChI=1S/C19H18ClF2N3O/c1-11(23-9-13-3-6-19(26)16(20)7-13)15-10-24-25(12(15)2)18-5-4-14(21)8-17(18)22/h3-8,10-11,23,26H,9H2,1-2H3/t11-/m0/s1. The van der Waals surface area contributed by atoms with E-state index in [1.165, 1.54) is 16.8 Å². The minimum atomic E-state index is -0.665. The Morgan fingerprint density at radius 3 is 2.69 bits per heavy atom. The van der Waals surface area contributed by atoms with Crippen LogP contribution in [0.2, 0.25) is 5.02 Å². The van der Waals surface area contributed by atoms with Crippen LogP contribution in [0.3, 0.4) is 0 Å². The zero-order chi connectivity index (χ0) is 18.8. The number of hydrogen-bond donors (Lipinski definition) is 2. The summed E-state index contributed by atoms with van der Waals surface area (Å²) in [4.78, 5) is 0. The second kappa shape index (κ2) is 7.43. The number of aromatic nitrogens is 2. The Labute approximate surface area is 155 Å². The maximum Gasteiger partial charge on any atom is 0.151 e. The molecule has 26 heavy (non-hydrogen) atoms. The Hall–Kier alpha value is -2.44. The molecule has 0 fully saturated rings. The molecule has 4 nitrogen and oxygen atoms in total. The van der Waals surface area contributed by atoms with Crippen molar-refractivity contribution in [1.82, 2.24) is 15.1 Å². The first-order valence-corrected chi connectivity index (χ1v) is 8.45. The average molecular weight is 378 g/mol. The van der Waals surface area contributed by atoms with Gasteiger partial charge in [-0.3, -0.25) is 0 Å². The minimum Gasteiger partial charge on any atom is -0.506 e. The number of nitrogens with one attached hydrogen (secondary N) is 1. The van der Waals surface area contributed by atoms with Crippen molar-refractivity contribution in [2.75, 3.05) is 0 Å². The summed E-state index contributed by atoms with van der Waals surface area (Å²) in [5.74, 6) is -1.25. The van der Waals surface area contributed by atoms with Crippen LogP contribution in [0.4, 0.5) is 8.78 Å². The minimum absolute atomic E-state index is 0.0434. The molecule has 7 heteroatoms. The van der Waals surface area contributed by atoms with Gasteiger partial charge in [-0.15, -0.1) is 0 Å².